The Morgan fingerprint density at radius 3 is 1.98 bits per heavy atom. The van der Waals surface area contributed by atoms with E-state index in [2.05, 4.69) is 26.7 Å². The van der Waals surface area contributed by atoms with Gasteiger partial charge in [0.2, 0.25) is 0 Å². The minimum Gasteiger partial charge on any atom is -0.495 e. The van der Waals surface area contributed by atoms with Gasteiger partial charge >= 0.3 is 18.2 Å². The summed E-state index contributed by atoms with van der Waals surface area (Å²) in [5, 5.41) is -0.308. The van der Waals surface area contributed by atoms with E-state index in [1.54, 1.807) is 47.6 Å². The van der Waals surface area contributed by atoms with Crippen LogP contribution in [-0.4, -0.2) is 97.3 Å². The average molecular weight is 802 g/mol. The molecule has 2 heterocycles. The maximum atomic E-state index is 14.4. The van der Waals surface area contributed by atoms with Gasteiger partial charge in [-0.15, -0.1) is 0 Å². The number of urea groups is 1. The minimum atomic E-state index is -1.09. The molecule has 2 aromatic carbocycles. The molecular weight excluding hydrogens is 751 g/mol. The fourth-order valence-electron chi connectivity index (χ4n) is 6.44. The summed E-state index contributed by atoms with van der Waals surface area (Å²) in [6, 6.07) is 7.36. The van der Waals surface area contributed by atoms with E-state index < -0.39 is 29.4 Å². The van der Waals surface area contributed by atoms with Crippen LogP contribution in [0.1, 0.15) is 61.3 Å². The molecule has 1 aromatic heterocycles. The van der Waals surface area contributed by atoms with Crippen LogP contribution in [0.15, 0.2) is 36.7 Å². The topological polar surface area (TPSA) is 156 Å². The van der Waals surface area contributed by atoms with Gasteiger partial charge in [0, 0.05) is 50.0 Å². The zero-order valence-corrected chi connectivity index (χ0v) is 34.5. The van der Waals surface area contributed by atoms with Crippen LogP contribution in [0.3, 0.4) is 0 Å². The number of methoxy groups -OCH3 is 2. The summed E-state index contributed by atoms with van der Waals surface area (Å²) < 4.78 is 22.2. The molecule has 4 amide bonds. The molecule has 0 atom stereocenters. The van der Waals surface area contributed by atoms with Gasteiger partial charge in [0.25, 0.3) is 0 Å². The van der Waals surface area contributed by atoms with Gasteiger partial charge < -0.3 is 29.6 Å². The van der Waals surface area contributed by atoms with Crippen LogP contribution in [0.2, 0.25) is 10.0 Å². The highest BCUT2D eigenvalue weighted by Gasteiger charge is 2.50. The second-order valence-electron chi connectivity index (χ2n) is 15.4. The molecule has 0 unspecified atom stereocenters. The van der Waals surface area contributed by atoms with Crippen molar-refractivity contribution in [2.45, 2.75) is 78.0 Å². The zero-order valence-electron chi connectivity index (χ0n) is 33.0. The number of halogens is 2. The Hall–Kier alpha value is -4.73. The van der Waals surface area contributed by atoms with E-state index in [9.17, 15) is 14.4 Å². The van der Waals surface area contributed by atoms with Crippen molar-refractivity contribution in [2.75, 3.05) is 72.8 Å². The van der Waals surface area contributed by atoms with E-state index in [1.807, 2.05) is 12.1 Å². The summed E-state index contributed by atoms with van der Waals surface area (Å²) in [4.78, 5) is 58.7. The third-order valence-corrected chi connectivity index (χ3v) is 9.97. The molecule has 1 aliphatic carbocycles. The van der Waals surface area contributed by atoms with E-state index in [1.165, 1.54) is 44.6 Å². The molecule has 55 heavy (non-hydrogen) atoms. The molecule has 1 spiro atoms. The van der Waals surface area contributed by atoms with Crippen LogP contribution >= 0.6 is 23.2 Å². The molecule has 1 saturated carbocycles. The molecule has 15 nitrogen and oxygen atoms in total. The van der Waals surface area contributed by atoms with Crippen molar-refractivity contribution in [2.24, 2.45) is 0 Å². The Balaban J connectivity index is 1.55. The first-order chi connectivity index (χ1) is 25.7. The molecule has 2 N–H and O–H groups in total. The summed E-state index contributed by atoms with van der Waals surface area (Å²) in [5.41, 5.74) is 6.32. The van der Waals surface area contributed by atoms with E-state index in [4.69, 9.17) is 47.9 Å². The highest BCUT2D eigenvalue weighted by molar-refractivity contribution is 6.43. The van der Waals surface area contributed by atoms with Gasteiger partial charge in [-0.2, -0.15) is 4.90 Å². The molecule has 1 aliphatic heterocycles. The predicted molar refractivity (Wildman–Crippen MR) is 215 cm³/mol. The lowest BCUT2D eigenvalue weighted by Gasteiger charge is -2.43. The van der Waals surface area contributed by atoms with Gasteiger partial charge in [-0.25, -0.2) is 29.3 Å². The van der Waals surface area contributed by atoms with Gasteiger partial charge in [-0.3, -0.25) is 9.80 Å². The Labute approximate surface area is 332 Å². The number of benzene rings is 2. The number of amides is 4. The number of rotatable bonds is 8. The summed E-state index contributed by atoms with van der Waals surface area (Å²) in [6.45, 7) is 16.0. The number of carbonyl (C=O) groups excluding carboxylic acids is 3. The number of nitrogens with two attached hydrogens (primary N) is 1. The SMILES string of the molecule is CCN1CCN(c2ccc(N(C(=O)OC(C)(C)C)c3cc(N(C)C(=O)N(C(=O)OC(C)(C)C)c4c(Cl)c(OC)cc(OC)c4Cl)ncn3)c(N)c2)CC12CC2. The number of carbonyl (C=O) groups is 3. The summed E-state index contributed by atoms with van der Waals surface area (Å²) in [5.74, 6) is 0.184. The van der Waals surface area contributed by atoms with E-state index in [0.29, 0.717) is 16.3 Å². The van der Waals surface area contributed by atoms with Crippen LogP contribution in [0, 0.1) is 0 Å². The molecule has 0 bridgehead atoms. The van der Waals surface area contributed by atoms with E-state index in [0.717, 1.165) is 49.6 Å². The first kappa shape index (κ1) is 41.4. The Kier molecular flexibility index (Phi) is 11.9. The molecule has 2 fully saturated rings. The number of piperazine rings is 1. The van der Waals surface area contributed by atoms with Crippen LogP contribution < -0.4 is 34.8 Å². The second kappa shape index (κ2) is 15.8. The minimum absolute atomic E-state index is 0.0158. The number of anilines is 6. The molecule has 0 radical (unpaired) electrons. The molecule has 298 valence electrons. The average Bonchev–Trinajstić information content (AvgIpc) is 3.87. The normalized spacial score (nSPS) is 15.3. The Morgan fingerprint density at radius 2 is 1.45 bits per heavy atom. The third kappa shape index (κ3) is 8.89. The smallest absolute Gasteiger partial charge is 0.423 e. The van der Waals surface area contributed by atoms with Crippen LogP contribution in [0.5, 0.6) is 11.5 Å². The van der Waals surface area contributed by atoms with Crippen molar-refractivity contribution in [1.82, 2.24) is 14.9 Å². The number of aromatic nitrogens is 2. The zero-order chi connectivity index (χ0) is 40.6. The molecule has 2 aliphatic rings. The molecule has 5 rings (SSSR count). The van der Waals surface area contributed by atoms with Crippen molar-refractivity contribution < 1.29 is 33.3 Å². The maximum Gasteiger partial charge on any atom is 0.423 e. The van der Waals surface area contributed by atoms with E-state index >= 15 is 0 Å². The quantitative estimate of drug-likeness (QED) is 0.219. The van der Waals surface area contributed by atoms with Crippen LogP contribution in [-0.2, 0) is 9.47 Å². The van der Waals surface area contributed by atoms with Gasteiger partial charge in [0.15, 0.2) is 0 Å². The summed E-state index contributed by atoms with van der Waals surface area (Å²) in [7, 11) is 4.09. The van der Waals surface area contributed by atoms with E-state index in [-0.39, 0.29) is 44.4 Å². The number of hydrogen-bond acceptors (Lipinski definition) is 12. The lowest BCUT2D eigenvalue weighted by molar-refractivity contribution is 0.0584. The molecule has 3 aromatic rings. The lowest BCUT2D eigenvalue weighted by atomic mass is 10.1. The molecule has 1 saturated heterocycles. The first-order valence-corrected chi connectivity index (χ1v) is 18.6. The number of likely N-dealkylation sites (N-methyl/N-ethyl adjacent to an activating group) is 1. The first-order valence-electron chi connectivity index (χ1n) is 17.9. The fourth-order valence-corrected chi connectivity index (χ4v) is 7.11. The van der Waals surface area contributed by atoms with Crippen molar-refractivity contribution in [3.8, 4) is 11.5 Å². The number of nitrogens with zero attached hydrogens (tertiary/aromatic N) is 7. The maximum absolute atomic E-state index is 14.4. The number of hydrogen-bond donors (Lipinski definition) is 1. The molecule has 17 heteroatoms. The monoisotopic (exact) mass is 800 g/mol. The Bertz CT molecular complexity index is 1920. The van der Waals surface area contributed by atoms with Crippen molar-refractivity contribution >= 4 is 75.8 Å². The summed E-state index contributed by atoms with van der Waals surface area (Å²) >= 11 is 13.4. The highest BCUT2D eigenvalue weighted by atomic mass is 35.5. The van der Waals surface area contributed by atoms with Gasteiger partial charge in [-0.1, -0.05) is 30.1 Å². The van der Waals surface area contributed by atoms with Crippen LogP contribution in [0.25, 0.3) is 0 Å². The van der Waals surface area contributed by atoms with Gasteiger partial charge in [0.1, 0.15) is 56.4 Å². The van der Waals surface area contributed by atoms with Crippen molar-refractivity contribution in [1.29, 1.82) is 0 Å². The number of ether oxygens (including phenoxy) is 4. The standard InChI is InChI=1S/C38H50Cl2N8O7/c1-11-46-17-16-45(21-38(46)14-15-38)23-12-13-25(24(41)18-23)47(34(50)54-36(2,3)4)29-20-28(42-22-43-29)44(8)33(49)48(35(51)55-37(5,6)7)32-30(39)26(52-9)19-27(53-10)31(32)40/h12-13,18-20,22H,11,14-17,21,41H2,1-10H3. The van der Waals surface area contributed by atoms with Gasteiger partial charge in [0.05, 0.1) is 25.6 Å². The largest absolute Gasteiger partial charge is 0.495 e. The predicted octanol–water partition coefficient (Wildman–Crippen LogP) is 8.13. The summed E-state index contributed by atoms with van der Waals surface area (Å²) in [6.07, 6.45) is 1.63. The third-order valence-electron chi connectivity index (χ3n) is 9.24. The van der Waals surface area contributed by atoms with Crippen molar-refractivity contribution in [3.63, 3.8) is 0 Å². The van der Waals surface area contributed by atoms with Crippen LogP contribution in [0.4, 0.5) is 48.8 Å². The van der Waals surface area contributed by atoms with Gasteiger partial charge in [-0.05, 0) is 79.1 Å². The lowest BCUT2D eigenvalue weighted by Crippen LogP contribution is -2.54. The highest BCUT2D eigenvalue weighted by Crippen LogP contribution is 2.48. The molecular formula is C38H50Cl2N8O7. The second-order valence-corrected chi connectivity index (χ2v) is 16.2. The van der Waals surface area contributed by atoms with Crippen molar-refractivity contribution in [3.05, 3.63) is 46.7 Å². The number of imide groups is 1. The number of nitrogen functional groups attached to an aromatic ring is 1. The Morgan fingerprint density at radius 1 is 0.873 bits per heavy atom. The fraction of sp³-hybridized carbons (Fsp3) is 0.500.